The number of halogens is 2. The summed E-state index contributed by atoms with van der Waals surface area (Å²) in [5.41, 5.74) is 1.69. The van der Waals surface area contributed by atoms with Crippen LogP contribution >= 0.6 is 15.9 Å². The molecule has 0 aliphatic heterocycles. The van der Waals surface area contributed by atoms with Gasteiger partial charge in [-0.05, 0) is 29.8 Å². The van der Waals surface area contributed by atoms with Gasteiger partial charge in [0, 0.05) is 17.1 Å². The van der Waals surface area contributed by atoms with Crippen LogP contribution in [0, 0.1) is 5.82 Å². The zero-order chi connectivity index (χ0) is 16.1. The van der Waals surface area contributed by atoms with Crippen molar-refractivity contribution in [3.05, 3.63) is 46.2 Å². The summed E-state index contributed by atoms with van der Waals surface area (Å²) in [6, 6.07) is 8.09. The average molecular weight is 370 g/mol. The Morgan fingerprint density at radius 1 is 0.955 bits per heavy atom. The van der Waals surface area contributed by atoms with Gasteiger partial charge in [0.05, 0.1) is 27.0 Å². The lowest BCUT2D eigenvalue weighted by Gasteiger charge is -2.14. The van der Waals surface area contributed by atoms with E-state index in [0.717, 1.165) is 10.0 Å². The number of benzene rings is 2. The minimum atomic E-state index is -0.338. The molecule has 0 atom stereocenters. The third kappa shape index (κ3) is 3.62. The summed E-state index contributed by atoms with van der Waals surface area (Å²) in [4.78, 5) is 0. The predicted molar refractivity (Wildman–Crippen MR) is 87.5 cm³/mol. The summed E-state index contributed by atoms with van der Waals surface area (Å²) in [6.45, 7) is 0.517. The molecule has 22 heavy (non-hydrogen) atoms. The first-order chi connectivity index (χ1) is 10.6. The highest BCUT2D eigenvalue weighted by molar-refractivity contribution is 9.10. The maximum atomic E-state index is 13.2. The number of rotatable bonds is 6. The first kappa shape index (κ1) is 16.4. The molecule has 0 unspecified atom stereocenters. The lowest BCUT2D eigenvalue weighted by Crippen LogP contribution is -2.03. The van der Waals surface area contributed by atoms with Crippen molar-refractivity contribution in [1.29, 1.82) is 0 Å². The van der Waals surface area contributed by atoms with Crippen LogP contribution in [-0.4, -0.2) is 21.3 Å². The fourth-order valence-corrected chi connectivity index (χ4v) is 2.50. The lowest BCUT2D eigenvalue weighted by molar-refractivity contribution is 0.354. The summed E-state index contributed by atoms with van der Waals surface area (Å²) >= 11 is 3.51. The van der Waals surface area contributed by atoms with Crippen molar-refractivity contribution in [3.63, 3.8) is 0 Å². The number of anilines is 1. The van der Waals surface area contributed by atoms with Gasteiger partial charge in [0.2, 0.25) is 0 Å². The first-order valence-electron chi connectivity index (χ1n) is 6.56. The minimum absolute atomic E-state index is 0.338. The van der Waals surface area contributed by atoms with Crippen LogP contribution in [0.1, 0.15) is 5.56 Å². The molecule has 0 aliphatic carbocycles. The molecule has 2 rings (SSSR count). The van der Waals surface area contributed by atoms with E-state index < -0.39 is 0 Å². The molecular formula is C16H17BrFNO3. The monoisotopic (exact) mass is 369 g/mol. The zero-order valence-corrected chi connectivity index (χ0v) is 14.2. The smallest absolute Gasteiger partial charge is 0.161 e. The Morgan fingerprint density at radius 2 is 1.59 bits per heavy atom. The fraction of sp³-hybridized carbons (Fsp3) is 0.250. The molecule has 0 bridgehead atoms. The summed E-state index contributed by atoms with van der Waals surface area (Å²) in [5, 5.41) is 3.22. The Kier molecular flexibility index (Phi) is 5.49. The van der Waals surface area contributed by atoms with Gasteiger partial charge in [0.1, 0.15) is 11.6 Å². The molecule has 0 aliphatic rings. The van der Waals surface area contributed by atoms with Crippen LogP contribution in [0.25, 0.3) is 0 Å². The van der Waals surface area contributed by atoms with E-state index in [0.29, 0.717) is 29.5 Å². The number of hydrogen-bond acceptors (Lipinski definition) is 4. The normalized spacial score (nSPS) is 10.2. The zero-order valence-electron chi connectivity index (χ0n) is 12.6. The molecule has 0 fully saturated rings. The summed E-state index contributed by atoms with van der Waals surface area (Å²) < 4.78 is 29.8. The van der Waals surface area contributed by atoms with Gasteiger partial charge >= 0.3 is 0 Å². The van der Waals surface area contributed by atoms with E-state index >= 15 is 0 Å². The molecule has 0 saturated carbocycles. The van der Waals surface area contributed by atoms with Crippen molar-refractivity contribution in [2.75, 3.05) is 26.6 Å². The number of methoxy groups -OCH3 is 3. The Balaban J connectivity index is 2.21. The Morgan fingerprint density at radius 3 is 2.23 bits per heavy atom. The van der Waals surface area contributed by atoms with E-state index in [2.05, 4.69) is 21.2 Å². The molecular weight excluding hydrogens is 353 g/mol. The van der Waals surface area contributed by atoms with Crippen molar-refractivity contribution >= 4 is 21.6 Å². The average Bonchev–Trinajstić information content (AvgIpc) is 2.54. The van der Waals surface area contributed by atoms with Crippen LogP contribution in [0.2, 0.25) is 0 Å². The molecule has 118 valence electrons. The first-order valence-corrected chi connectivity index (χ1v) is 7.36. The van der Waals surface area contributed by atoms with Crippen molar-refractivity contribution in [2.45, 2.75) is 6.54 Å². The van der Waals surface area contributed by atoms with Crippen molar-refractivity contribution < 1.29 is 18.6 Å². The molecule has 0 radical (unpaired) electrons. The van der Waals surface area contributed by atoms with Gasteiger partial charge in [-0.1, -0.05) is 15.9 Å². The van der Waals surface area contributed by atoms with E-state index in [9.17, 15) is 4.39 Å². The number of ether oxygens (including phenoxy) is 3. The van der Waals surface area contributed by atoms with E-state index in [1.807, 2.05) is 12.1 Å². The van der Waals surface area contributed by atoms with Crippen LogP contribution in [-0.2, 0) is 6.54 Å². The quantitative estimate of drug-likeness (QED) is 0.826. The van der Waals surface area contributed by atoms with Gasteiger partial charge in [0.15, 0.2) is 11.5 Å². The second-order valence-electron chi connectivity index (χ2n) is 4.50. The molecule has 0 saturated heterocycles. The van der Waals surface area contributed by atoms with Gasteiger partial charge in [-0.3, -0.25) is 0 Å². The standard InChI is InChI=1S/C16H17BrFNO3/c1-20-14-7-11(18)4-5-13(14)19-9-10-6-15(21-2)16(22-3)8-12(10)17/h4-8,19H,9H2,1-3H3. The lowest BCUT2D eigenvalue weighted by atomic mass is 10.2. The number of nitrogens with one attached hydrogen (secondary N) is 1. The second kappa shape index (κ2) is 7.35. The van der Waals surface area contributed by atoms with Gasteiger partial charge < -0.3 is 19.5 Å². The van der Waals surface area contributed by atoms with Crippen LogP contribution in [0.15, 0.2) is 34.8 Å². The summed E-state index contributed by atoms with van der Waals surface area (Å²) in [7, 11) is 4.68. The van der Waals surface area contributed by atoms with Crippen LogP contribution in [0.5, 0.6) is 17.2 Å². The molecule has 0 amide bonds. The summed E-state index contributed by atoms with van der Waals surface area (Å²) in [6.07, 6.45) is 0. The van der Waals surface area contributed by atoms with Crippen LogP contribution in [0.4, 0.5) is 10.1 Å². The topological polar surface area (TPSA) is 39.7 Å². The molecule has 1 N–H and O–H groups in total. The SMILES string of the molecule is COc1cc(F)ccc1NCc1cc(OC)c(OC)cc1Br. The Bertz CT molecular complexity index is 664. The second-order valence-corrected chi connectivity index (χ2v) is 5.35. The van der Waals surface area contributed by atoms with E-state index in [4.69, 9.17) is 14.2 Å². The maximum absolute atomic E-state index is 13.2. The third-order valence-electron chi connectivity index (χ3n) is 3.19. The Hall–Kier alpha value is -1.95. The maximum Gasteiger partial charge on any atom is 0.161 e. The highest BCUT2D eigenvalue weighted by Gasteiger charge is 2.10. The highest BCUT2D eigenvalue weighted by atomic mass is 79.9. The van der Waals surface area contributed by atoms with E-state index in [-0.39, 0.29) is 5.82 Å². The Labute approximate surface area is 137 Å². The molecule has 4 nitrogen and oxygen atoms in total. The van der Waals surface area contributed by atoms with Crippen molar-refractivity contribution in [1.82, 2.24) is 0 Å². The molecule has 2 aromatic carbocycles. The molecule has 0 heterocycles. The van der Waals surface area contributed by atoms with Gasteiger partial charge in [-0.2, -0.15) is 0 Å². The van der Waals surface area contributed by atoms with Gasteiger partial charge in [-0.25, -0.2) is 4.39 Å². The predicted octanol–water partition coefficient (Wildman–Crippen LogP) is 4.23. The van der Waals surface area contributed by atoms with Crippen molar-refractivity contribution in [2.24, 2.45) is 0 Å². The molecule has 6 heteroatoms. The summed E-state index contributed by atoms with van der Waals surface area (Å²) in [5.74, 6) is 1.41. The number of hydrogen-bond donors (Lipinski definition) is 1. The van der Waals surface area contributed by atoms with Crippen molar-refractivity contribution in [3.8, 4) is 17.2 Å². The molecule has 2 aromatic rings. The third-order valence-corrected chi connectivity index (χ3v) is 3.92. The fourth-order valence-electron chi connectivity index (χ4n) is 2.03. The molecule has 0 aromatic heterocycles. The van der Waals surface area contributed by atoms with Crippen LogP contribution < -0.4 is 19.5 Å². The molecule has 0 spiro atoms. The minimum Gasteiger partial charge on any atom is -0.494 e. The van der Waals surface area contributed by atoms with Gasteiger partial charge in [0.25, 0.3) is 0 Å². The highest BCUT2D eigenvalue weighted by Crippen LogP contribution is 2.34. The van der Waals surface area contributed by atoms with Crippen LogP contribution in [0.3, 0.4) is 0 Å². The van der Waals surface area contributed by atoms with E-state index in [1.165, 1.54) is 19.2 Å². The van der Waals surface area contributed by atoms with E-state index in [1.54, 1.807) is 20.3 Å². The van der Waals surface area contributed by atoms with Gasteiger partial charge in [-0.15, -0.1) is 0 Å². The largest absolute Gasteiger partial charge is 0.494 e.